The maximum absolute atomic E-state index is 12.9. The molecule has 7 nitrogen and oxygen atoms in total. The Bertz CT molecular complexity index is 1340. The van der Waals surface area contributed by atoms with Crippen LogP contribution in [0.2, 0.25) is 5.02 Å². The van der Waals surface area contributed by atoms with E-state index in [0.29, 0.717) is 27.8 Å². The second kappa shape index (κ2) is 10.7. The number of para-hydroxylation sites is 1. The average Bonchev–Trinajstić information content (AvgIpc) is 3.12. The van der Waals surface area contributed by atoms with E-state index in [-0.39, 0.29) is 17.4 Å². The van der Waals surface area contributed by atoms with Gasteiger partial charge in [0, 0.05) is 10.7 Å². The Kier molecular flexibility index (Phi) is 7.43. The van der Waals surface area contributed by atoms with Crippen LogP contribution in [0.3, 0.4) is 0 Å². The van der Waals surface area contributed by atoms with E-state index < -0.39 is 11.1 Å². The first-order valence-electron chi connectivity index (χ1n) is 10.6. The fourth-order valence-corrected chi connectivity index (χ4v) is 4.42. The number of carbonyl (C=O) groups excluding carboxylic acids is 3. The first-order valence-corrected chi connectivity index (χ1v) is 11.7. The molecule has 0 spiro atoms. The number of methoxy groups -OCH3 is 1. The van der Waals surface area contributed by atoms with E-state index in [1.165, 1.54) is 7.11 Å². The summed E-state index contributed by atoms with van der Waals surface area (Å²) in [5, 5.41) is 2.83. The van der Waals surface area contributed by atoms with E-state index in [1.807, 2.05) is 31.2 Å². The van der Waals surface area contributed by atoms with Gasteiger partial charge in [0.1, 0.15) is 0 Å². The van der Waals surface area contributed by atoms with Crippen LogP contribution in [0.4, 0.5) is 16.2 Å². The summed E-state index contributed by atoms with van der Waals surface area (Å²) in [7, 11) is 1.48. The number of anilines is 2. The summed E-state index contributed by atoms with van der Waals surface area (Å²) >= 11 is 6.85. The topological polar surface area (TPSA) is 84.9 Å². The van der Waals surface area contributed by atoms with Crippen molar-refractivity contribution < 1.29 is 23.9 Å². The third-order valence-corrected chi connectivity index (χ3v) is 6.23. The van der Waals surface area contributed by atoms with Gasteiger partial charge in [-0.3, -0.25) is 14.4 Å². The number of rotatable bonds is 7. The number of imide groups is 1. The van der Waals surface area contributed by atoms with Gasteiger partial charge in [-0.15, -0.1) is 0 Å². The van der Waals surface area contributed by atoms with Crippen LogP contribution in [-0.4, -0.2) is 30.8 Å². The summed E-state index contributed by atoms with van der Waals surface area (Å²) in [5.41, 5.74) is 2.71. The van der Waals surface area contributed by atoms with Crippen LogP contribution in [-0.2, 0) is 9.59 Å². The highest BCUT2D eigenvalue weighted by atomic mass is 35.5. The molecule has 1 saturated heterocycles. The Balaban J connectivity index is 1.46. The standard InChI is InChI=1S/C26H21ClN2O5S/c1-16-6-3-4-9-20(16)28-24(30)15-34-21-11-10-17(12-22(21)33-2)13-23-25(31)29(26(32)35-23)19-8-5-7-18(27)14-19/h3-14H,15H2,1-2H3,(H,28,30)/b23-13+. The number of nitrogens with one attached hydrogen (secondary N) is 1. The summed E-state index contributed by atoms with van der Waals surface area (Å²) in [6, 6.07) is 19.0. The van der Waals surface area contributed by atoms with Crippen molar-refractivity contribution in [3.8, 4) is 11.5 Å². The van der Waals surface area contributed by atoms with Gasteiger partial charge >= 0.3 is 0 Å². The fraction of sp³-hybridized carbons (Fsp3) is 0.115. The van der Waals surface area contributed by atoms with Crippen molar-refractivity contribution >= 4 is 57.9 Å². The molecule has 1 fully saturated rings. The Hall–Kier alpha value is -3.75. The second-order valence-electron chi connectivity index (χ2n) is 7.56. The Labute approximate surface area is 211 Å². The normalized spacial score (nSPS) is 14.4. The molecule has 1 N–H and O–H groups in total. The molecule has 3 aromatic carbocycles. The minimum atomic E-state index is -0.436. The van der Waals surface area contributed by atoms with Crippen LogP contribution >= 0.6 is 23.4 Å². The summed E-state index contributed by atoms with van der Waals surface area (Å²) in [5.74, 6) is 0.0164. The maximum Gasteiger partial charge on any atom is 0.298 e. The number of halogens is 1. The van der Waals surface area contributed by atoms with E-state index in [4.69, 9.17) is 21.1 Å². The number of carbonyl (C=O) groups is 3. The molecule has 0 bridgehead atoms. The fourth-order valence-electron chi connectivity index (χ4n) is 3.39. The van der Waals surface area contributed by atoms with Gasteiger partial charge in [0.05, 0.1) is 17.7 Å². The van der Waals surface area contributed by atoms with Gasteiger partial charge in [-0.05, 0) is 72.3 Å². The predicted octanol–water partition coefficient (Wildman–Crippen LogP) is 5.92. The zero-order chi connectivity index (χ0) is 24.9. The molecule has 0 saturated carbocycles. The van der Waals surface area contributed by atoms with E-state index >= 15 is 0 Å². The third-order valence-electron chi connectivity index (χ3n) is 5.12. The lowest BCUT2D eigenvalue weighted by molar-refractivity contribution is -0.118. The number of thioether (sulfide) groups is 1. The maximum atomic E-state index is 12.9. The van der Waals surface area contributed by atoms with Crippen molar-refractivity contribution in [3.63, 3.8) is 0 Å². The van der Waals surface area contributed by atoms with Gasteiger partial charge in [0.15, 0.2) is 18.1 Å². The molecular formula is C26H21ClN2O5S. The van der Waals surface area contributed by atoms with E-state index in [2.05, 4.69) is 5.32 Å². The van der Waals surface area contributed by atoms with Crippen LogP contribution in [0, 0.1) is 6.92 Å². The number of nitrogens with zero attached hydrogens (tertiary/aromatic N) is 1. The van der Waals surface area contributed by atoms with Gasteiger partial charge in [0.25, 0.3) is 17.1 Å². The first-order chi connectivity index (χ1) is 16.9. The average molecular weight is 509 g/mol. The largest absolute Gasteiger partial charge is 0.493 e. The zero-order valence-electron chi connectivity index (χ0n) is 18.9. The van der Waals surface area contributed by atoms with E-state index in [9.17, 15) is 14.4 Å². The van der Waals surface area contributed by atoms with Gasteiger partial charge in [0.2, 0.25) is 0 Å². The highest BCUT2D eigenvalue weighted by Crippen LogP contribution is 2.37. The Morgan fingerprint density at radius 1 is 1.06 bits per heavy atom. The SMILES string of the molecule is COc1cc(/C=C2/SC(=O)N(c3cccc(Cl)c3)C2=O)ccc1OCC(=O)Nc1ccccc1C. The summed E-state index contributed by atoms with van der Waals surface area (Å²) in [4.78, 5) is 39.0. The van der Waals surface area contributed by atoms with Crippen molar-refractivity contribution in [1.82, 2.24) is 0 Å². The molecule has 178 valence electrons. The molecule has 9 heteroatoms. The Morgan fingerprint density at radius 2 is 1.86 bits per heavy atom. The molecule has 1 heterocycles. The lowest BCUT2D eigenvalue weighted by Crippen LogP contribution is -2.27. The number of aryl methyl sites for hydroxylation is 1. The molecule has 0 aliphatic carbocycles. The highest BCUT2D eigenvalue weighted by molar-refractivity contribution is 8.19. The molecule has 35 heavy (non-hydrogen) atoms. The third kappa shape index (κ3) is 5.67. The number of benzene rings is 3. The molecule has 1 aliphatic heterocycles. The van der Waals surface area contributed by atoms with Crippen LogP contribution in [0.15, 0.2) is 71.6 Å². The van der Waals surface area contributed by atoms with Gasteiger partial charge in [-0.2, -0.15) is 0 Å². The van der Waals surface area contributed by atoms with Crippen molar-refractivity contribution in [2.75, 3.05) is 23.9 Å². The zero-order valence-corrected chi connectivity index (χ0v) is 20.5. The number of amides is 3. The molecule has 0 aromatic heterocycles. The molecule has 3 amide bonds. The minimum Gasteiger partial charge on any atom is -0.493 e. The van der Waals surface area contributed by atoms with Crippen LogP contribution in [0.25, 0.3) is 6.08 Å². The smallest absolute Gasteiger partial charge is 0.298 e. The quantitative estimate of drug-likeness (QED) is 0.399. The summed E-state index contributed by atoms with van der Waals surface area (Å²) < 4.78 is 11.0. The lowest BCUT2D eigenvalue weighted by atomic mass is 10.1. The van der Waals surface area contributed by atoms with Crippen LogP contribution in [0.1, 0.15) is 11.1 Å². The summed E-state index contributed by atoms with van der Waals surface area (Å²) in [6.07, 6.45) is 1.60. The van der Waals surface area contributed by atoms with Gasteiger partial charge in [-0.1, -0.05) is 41.9 Å². The minimum absolute atomic E-state index is 0.206. The van der Waals surface area contributed by atoms with Gasteiger partial charge < -0.3 is 14.8 Å². The van der Waals surface area contributed by atoms with Gasteiger partial charge in [-0.25, -0.2) is 4.90 Å². The Morgan fingerprint density at radius 3 is 2.60 bits per heavy atom. The molecule has 4 rings (SSSR count). The highest BCUT2D eigenvalue weighted by Gasteiger charge is 2.36. The van der Waals surface area contributed by atoms with E-state index in [0.717, 1.165) is 27.9 Å². The molecule has 0 radical (unpaired) electrons. The summed E-state index contributed by atoms with van der Waals surface area (Å²) in [6.45, 7) is 1.70. The molecule has 0 atom stereocenters. The molecule has 0 unspecified atom stereocenters. The van der Waals surface area contributed by atoms with E-state index in [1.54, 1.807) is 48.5 Å². The molecular weight excluding hydrogens is 488 g/mol. The predicted molar refractivity (Wildman–Crippen MR) is 138 cm³/mol. The molecule has 3 aromatic rings. The number of hydrogen-bond donors (Lipinski definition) is 1. The monoisotopic (exact) mass is 508 g/mol. The van der Waals surface area contributed by atoms with Crippen molar-refractivity contribution in [2.45, 2.75) is 6.92 Å². The lowest BCUT2D eigenvalue weighted by Gasteiger charge is -2.13. The molecule has 1 aliphatic rings. The van der Waals surface area contributed by atoms with Crippen LogP contribution < -0.4 is 19.7 Å². The number of hydrogen-bond acceptors (Lipinski definition) is 6. The second-order valence-corrected chi connectivity index (χ2v) is 8.99. The van der Waals surface area contributed by atoms with Crippen molar-refractivity contribution in [3.05, 3.63) is 87.8 Å². The van der Waals surface area contributed by atoms with Crippen molar-refractivity contribution in [1.29, 1.82) is 0 Å². The first kappa shape index (κ1) is 24.4. The van der Waals surface area contributed by atoms with Crippen molar-refractivity contribution in [2.24, 2.45) is 0 Å². The number of ether oxygens (including phenoxy) is 2. The van der Waals surface area contributed by atoms with Crippen LogP contribution in [0.5, 0.6) is 11.5 Å².